The molecule has 0 aliphatic carbocycles. The molecule has 0 aliphatic rings. The third-order valence-electron chi connectivity index (χ3n) is 1.24. The molecule has 0 aromatic carbocycles. The number of nitrogens with one attached hydrogen (secondary N) is 1. The highest BCUT2D eigenvalue weighted by Crippen LogP contribution is 1.97. The molecule has 1 aromatic heterocycles. The van der Waals surface area contributed by atoms with E-state index in [-0.39, 0.29) is 0 Å². The Morgan fingerprint density at radius 2 is 2.25 bits per heavy atom. The molecule has 1 rings (SSSR count). The average Bonchev–Trinajstić information content (AvgIpc) is 2.50. The summed E-state index contributed by atoms with van der Waals surface area (Å²) in [7, 11) is 0. The fourth-order valence-electron chi connectivity index (χ4n) is 0.740. The zero-order valence-electron chi connectivity index (χ0n) is 6.77. The predicted octanol–water partition coefficient (Wildman–Crippen LogP) is 0.457. The second-order valence-electron chi connectivity index (χ2n) is 2.14. The van der Waals surface area contributed by atoms with Crippen LogP contribution in [0.2, 0.25) is 0 Å². The molecule has 0 aliphatic heterocycles. The highest BCUT2D eigenvalue weighted by Gasteiger charge is 2.00. The average molecular weight is 165 g/mol. The lowest BCUT2D eigenvalue weighted by Gasteiger charge is -2.00. The van der Waals surface area contributed by atoms with Crippen molar-refractivity contribution in [3.05, 3.63) is 25.3 Å². The first-order valence-corrected chi connectivity index (χ1v) is 3.60. The van der Waals surface area contributed by atoms with Crippen LogP contribution in [0.3, 0.4) is 0 Å². The number of anilines is 1. The largest absolute Gasteiger partial charge is 0.350 e. The molecule has 0 radical (unpaired) electrons. The fourth-order valence-corrected chi connectivity index (χ4v) is 0.740. The number of tetrazole rings is 1. The summed E-state index contributed by atoms with van der Waals surface area (Å²) in [5, 5.41) is 14.0. The molecule has 1 N–H and O–H groups in total. The fraction of sp³-hybridized carbons (Fsp3) is 0.286. The van der Waals surface area contributed by atoms with Crippen LogP contribution in [0.15, 0.2) is 25.3 Å². The SMILES string of the molecule is C=CCNc1nnnn1CC=C. The van der Waals surface area contributed by atoms with Gasteiger partial charge in [-0.3, -0.25) is 0 Å². The topological polar surface area (TPSA) is 55.6 Å². The van der Waals surface area contributed by atoms with Crippen molar-refractivity contribution in [3.8, 4) is 0 Å². The summed E-state index contributed by atoms with van der Waals surface area (Å²) < 4.78 is 1.62. The van der Waals surface area contributed by atoms with Crippen molar-refractivity contribution in [2.75, 3.05) is 11.9 Å². The number of hydrogen-bond donors (Lipinski definition) is 1. The van der Waals surface area contributed by atoms with Crippen LogP contribution in [0.4, 0.5) is 5.95 Å². The third kappa shape index (κ3) is 1.91. The van der Waals surface area contributed by atoms with E-state index in [1.165, 1.54) is 0 Å². The van der Waals surface area contributed by atoms with Gasteiger partial charge in [0.05, 0.1) is 6.54 Å². The molecule has 1 heterocycles. The summed E-state index contributed by atoms with van der Waals surface area (Å²) in [5.41, 5.74) is 0. The zero-order valence-corrected chi connectivity index (χ0v) is 6.77. The Balaban J connectivity index is 2.62. The van der Waals surface area contributed by atoms with E-state index in [0.29, 0.717) is 19.0 Å². The van der Waals surface area contributed by atoms with Gasteiger partial charge >= 0.3 is 0 Å². The van der Waals surface area contributed by atoms with Crippen LogP contribution in [0, 0.1) is 0 Å². The first-order chi connectivity index (χ1) is 5.88. The van der Waals surface area contributed by atoms with Gasteiger partial charge in [0.15, 0.2) is 0 Å². The zero-order chi connectivity index (χ0) is 8.81. The van der Waals surface area contributed by atoms with Crippen molar-refractivity contribution in [3.63, 3.8) is 0 Å². The van der Waals surface area contributed by atoms with Crippen molar-refractivity contribution >= 4 is 5.95 Å². The van der Waals surface area contributed by atoms with Crippen LogP contribution in [0.1, 0.15) is 0 Å². The van der Waals surface area contributed by atoms with E-state index in [1.54, 1.807) is 16.8 Å². The molecular weight excluding hydrogens is 154 g/mol. The Kier molecular flexibility index (Phi) is 3.01. The van der Waals surface area contributed by atoms with Gasteiger partial charge < -0.3 is 5.32 Å². The van der Waals surface area contributed by atoms with Crippen LogP contribution in [0.25, 0.3) is 0 Å². The van der Waals surface area contributed by atoms with Crippen molar-refractivity contribution < 1.29 is 0 Å². The molecule has 0 spiro atoms. The van der Waals surface area contributed by atoms with Gasteiger partial charge in [-0.1, -0.05) is 17.3 Å². The Bertz CT molecular complexity index is 265. The van der Waals surface area contributed by atoms with Crippen LogP contribution >= 0.6 is 0 Å². The molecule has 64 valence electrons. The number of nitrogens with zero attached hydrogens (tertiary/aromatic N) is 4. The van der Waals surface area contributed by atoms with Gasteiger partial charge in [0.25, 0.3) is 0 Å². The summed E-state index contributed by atoms with van der Waals surface area (Å²) in [5.74, 6) is 0.634. The van der Waals surface area contributed by atoms with Crippen molar-refractivity contribution in [1.82, 2.24) is 20.2 Å². The van der Waals surface area contributed by atoms with Gasteiger partial charge in [-0.05, 0) is 10.4 Å². The van der Waals surface area contributed by atoms with Crippen LogP contribution in [-0.4, -0.2) is 26.8 Å². The first kappa shape index (κ1) is 8.45. The third-order valence-corrected chi connectivity index (χ3v) is 1.24. The lowest BCUT2D eigenvalue weighted by molar-refractivity contribution is 0.665. The Morgan fingerprint density at radius 1 is 1.42 bits per heavy atom. The first-order valence-electron chi connectivity index (χ1n) is 3.60. The van der Waals surface area contributed by atoms with Crippen molar-refractivity contribution in [1.29, 1.82) is 0 Å². The van der Waals surface area contributed by atoms with Crippen molar-refractivity contribution in [2.45, 2.75) is 6.54 Å². The van der Waals surface area contributed by atoms with Gasteiger partial charge in [-0.15, -0.1) is 13.2 Å². The Hall–Kier alpha value is -1.65. The molecule has 5 nitrogen and oxygen atoms in total. The van der Waals surface area contributed by atoms with Gasteiger partial charge in [0.2, 0.25) is 5.95 Å². The van der Waals surface area contributed by atoms with E-state index >= 15 is 0 Å². The molecule has 0 atom stereocenters. The second kappa shape index (κ2) is 4.27. The standard InChI is InChI=1S/C7H11N5/c1-3-5-8-7-9-10-11-12(7)6-4-2/h3-4H,1-2,5-6H2,(H,8,9,11). The van der Waals surface area contributed by atoms with Crippen molar-refractivity contribution in [2.24, 2.45) is 0 Å². The molecule has 5 heteroatoms. The minimum atomic E-state index is 0.604. The Labute approximate surface area is 70.8 Å². The number of rotatable bonds is 5. The Morgan fingerprint density at radius 3 is 2.92 bits per heavy atom. The van der Waals surface area contributed by atoms with E-state index in [1.807, 2.05) is 0 Å². The monoisotopic (exact) mass is 165 g/mol. The molecule has 1 aromatic rings. The summed E-state index contributed by atoms with van der Waals surface area (Å²) in [6.07, 6.45) is 3.47. The van der Waals surface area contributed by atoms with E-state index in [0.717, 1.165) is 0 Å². The normalized spacial score (nSPS) is 9.33. The lowest BCUT2D eigenvalue weighted by Crippen LogP contribution is -2.07. The second-order valence-corrected chi connectivity index (χ2v) is 2.14. The molecule has 0 bridgehead atoms. The van der Waals surface area contributed by atoms with Crippen LogP contribution < -0.4 is 5.32 Å². The minimum Gasteiger partial charge on any atom is -0.350 e. The number of allylic oxidation sites excluding steroid dienone is 1. The van der Waals surface area contributed by atoms with Crippen LogP contribution in [-0.2, 0) is 6.54 Å². The smallest absolute Gasteiger partial charge is 0.243 e. The van der Waals surface area contributed by atoms with Gasteiger partial charge in [-0.25, -0.2) is 4.68 Å². The summed E-state index contributed by atoms with van der Waals surface area (Å²) in [4.78, 5) is 0. The predicted molar refractivity (Wildman–Crippen MR) is 46.7 cm³/mol. The van der Waals surface area contributed by atoms with E-state index in [2.05, 4.69) is 34.0 Å². The van der Waals surface area contributed by atoms with Gasteiger partial charge in [0.1, 0.15) is 0 Å². The summed E-state index contributed by atoms with van der Waals surface area (Å²) in [6, 6.07) is 0. The number of aromatic nitrogens is 4. The number of hydrogen-bond acceptors (Lipinski definition) is 4. The maximum atomic E-state index is 3.77. The maximum Gasteiger partial charge on any atom is 0.243 e. The molecule has 0 unspecified atom stereocenters. The molecule has 0 saturated heterocycles. The summed E-state index contributed by atoms with van der Waals surface area (Å²) >= 11 is 0. The molecule has 0 amide bonds. The molecule has 0 fully saturated rings. The highest BCUT2D eigenvalue weighted by molar-refractivity contribution is 5.22. The van der Waals surface area contributed by atoms with E-state index in [9.17, 15) is 0 Å². The summed E-state index contributed by atoms with van der Waals surface area (Å²) in [6.45, 7) is 8.42. The molecule has 0 saturated carbocycles. The minimum absolute atomic E-state index is 0.604. The van der Waals surface area contributed by atoms with Crippen LogP contribution in [0.5, 0.6) is 0 Å². The maximum absolute atomic E-state index is 3.77. The molecular formula is C7H11N5. The van der Waals surface area contributed by atoms with Gasteiger partial charge in [0, 0.05) is 6.54 Å². The highest BCUT2D eigenvalue weighted by atomic mass is 15.6. The lowest BCUT2D eigenvalue weighted by atomic mass is 10.6. The quantitative estimate of drug-likeness (QED) is 0.644. The van der Waals surface area contributed by atoms with E-state index in [4.69, 9.17) is 0 Å². The van der Waals surface area contributed by atoms with Gasteiger partial charge in [-0.2, -0.15) is 0 Å². The molecule has 12 heavy (non-hydrogen) atoms. The van der Waals surface area contributed by atoms with E-state index < -0.39 is 0 Å².